The Balaban J connectivity index is 4.66. The summed E-state index contributed by atoms with van der Waals surface area (Å²) < 4.78 is 5.84. The molecule has 0 rings (SSSR count). The van der Waals surface area contributed by atoms with E-state index in [9.17, 15) is 19.8 Å². The lowest BCUT2D eigenvalue weighted by atomic mass is 10.0. The summed E-state index contributed by atoms with van der Waals surface area (Å²) in [4.78, 5) is 26.2. The van der Waals surface area contributed by atoms with Crippen molar-refractivity contribution in [3.8, 4) is 0 Å². The fourth-order valence-electron chi connectivity index (χ4n) is 8.27. The molecule has 0 spiro atoms. The quantitative estimate of drug-likeness (QED) is 0.0321. The first-order valence-electron chi connectivity index (χ1n) is 28.2. The van der Waals surface area contributed by atoms with E-state index in [1.807, 2.05) is 6.08 Å². The number of ether oxygens (including phenoxy) is 1. The van der Waals surface area contributed by atoms with E-state index >= 15 is 0 Å². The molecule has 3 atom stereocenters. The molecule has 0 saturated heterocycles. The third-order valence-corrected chi connectivity index (χ3v) is 12.5. The molecular weight excluding hydrogens is 815 g/mol. The highest BCUT2D eigenvalue weighted by Gasteiger charge is 2.23. The van der Waals surface area contributed by atoms with E-state index in [0.717, 1.165) is 77.0 Å². The Morgan fingerprint density at radius 1 is 0.470 bits per heavy atom. The number of aliphatic hydroxyl groups is 2. The van der Waals surface area contributed by atoms with Crippen molar-refractivity contribution in [1.29, 1.82) is 0 Å². The molecule has 6 heteroatoms. The summed E-state index contributed by atoms with van der Waals surface area (Å²) >= 11 is 0. The largest absolute Gasteiger partial charge is 0.458 e. The van der Waals surface area contributed by atoms with Gasteiger partial charge in [0, 0.05) is 6.42 Å². The van der Waals surface area contributed by atoms with Crippen LogP contribution in [0.3, 0.4) is 0 Å². The maximum Gasteiger partial charge on any atom is 0.306 e. The topological polar surface area (TPSA) is 95.9 Å². The predicted octanol–water partition coefficient (Wildman–Crippen LogP) is 17.3. The van der Waals surface area contributed by atoms with Crippen LogP contribution in [0.4, 0.5) is 0 Å². The second kappa shape index (κ2) is 53.3. The molecule has 0 aliphatic rings. The molecule has 0 aromatic carbocycles. The average Bonchev–Trinajstić information content (AvgIpc) is 3.31. The summed E-state index contributed by atoms with van der Waals surface area (Å²) in [6.07, 6.45) is 68.6. The number of hydrogen-bond acceptors (Lipinski definition) is 5. The van der Waals surface area contributed by atoms with Gasteiger partial charge in [0.05, 0.1) is 25.2 Å². The minimum absolute atomic E-state index is 0.0503. The number of aliphatic hydroxyl groups excluding tert-OH is 2. The molecule has 6 nitrogen and oxygen atoms in total. The average molecular weight is 923 g/mol. The summed E-state index contributed by atoms with van der Waals surface area (Å²) in [6.45, 7) is 6.35. The summed E-state index contributed by atoms with van der Waals surface area (Å²) in [5.41, 5.74) is 0. The number of unbranched alkanes of at least 4 members (excludes halogenated alkanes) is 28. The lowest BCUT2D eigenvalue weighted by molar-refractivity contribution is -0.148. The third-order valence-electron chi connectivity index (χ3n) is 12.5. The summed E-state index contributed by atoms with van der Waals surface area (Å²) in [6, 6.07) is -0.746. The van der Waals surface area contributed by atoms with Crippen LogP contribution in [0.15, 0.2) is 72.9 Å². The van der Waals surface area contributed by atoms with Crippen molar-refractivity contribution >= 4 is 11.9 Å². The molecule has 0 saturated carbocycles. The number of carbonyl (C=O) groups excluding carboxylic acids is 2. The molecule has 3 unspecified atom stereocenters. The number of esters is 1. The highest BCUT2D eigenvalue weighted by atomic mass is 16.5. The van der Waals surface area contributed by atoms with E-state index in [-0.39, 0.29) is 24.9 Å². The molecule has 0 fully saturated rings. The van der Waals surface area contributed by atoms with Crippen molar-refractivity contribution < 1.29 is 24.5 Å². The Bertz CT molecular complexity index is 1220. The Morgan fingerprint density at radius 3 is 1.27 bits per heavy atom. The number of carbonyl (C=O) groups is 2. The van der Waals surface area contributed by atoms with Crippen LogP contribution in [-0.4, -0.2) is 46.9 Å². The van der Waals surface area contributed by atoms with Crippen molar-refractivity contribution in [3.05, 3.63) is 72.9 Å². The van der Waals surface area contributed by atoms with Crippen LogP contribution in [0.5, 0.6) is 0 Å². The maximum absolute atomic E-state index is 13.2. The van der Waals surface area contributed by atoms with E-state index < -0.39 is 18.2 Å². The van der Waals surface area contributed by atoms with E-state index in [2.05, 4.69) is 86.8 Å². The van der Waals surface area contributed by atoms with Crippen molar-refractivity contribution in [2.45, 2.75) is 289 Å². The van der Waals surface area contributed by atoms with Crippen molar-refractivity contribution in [3.63, 3.8) is 0 Å². The molecule has 0 heterocycles. The first-order valence-corrected chi connectivity index (χ1v) is 28.2. The minimum atomic E-state index is -0.823. The molecule has 3 N–H and O–H groups in total. The van der Waals surface area contributed by atoms with Crippen molar-refractivity contribution in [1.82, 2.24) is 5.32 Å². The van der Waals surface area contributed by atoms with Crippen LogP contribution in [-0.2, 0) is 14.3 Å². The molecule has 0 aliphatic heterocycles. The van der Waals surface area contributed by atoms with Gasteiger partial charge in [0.15, 0.2) is 0 Å². The molecule has 0 aromatic rings. The zero-order valence-corrected chi connectivity index (χ0v) is 43.6. The van der Waals surface area contributed by atoms with E-state index in [4.69, 9.17) is 4.74 Å². The van der Waals surface area contributed by atoms with Crippen LogP contribution in [0.2, 0.25) is 0 Å². The summed E-state index contributed by atoms with van der Waals surface area (Å²) in [5.74, 6) is -0.634. The summed E-state index contributed by atoms with van der Waals surface area (Å²) in [7, 11) is 0. The first-order chi connectivity index (χ1) is 32.5. The molecule has 1 amide bonds. The molecule has 382 valence electrons. The minimum Gasteiger partial charge on any atom is -0.458 e. The standard InChI is InChI=1S/C60H107NO5/c1-4-7-10-13-16-19-22-25-28-29-30-32-35-38-41-44-47-50-53-60(65)66-56(51-48-45-42-39-36-33-27-24-21-18-15-12-9-6-3)54-59(64)61-57(55-62)58(63)52-49-46-43-40-37-34-31-26-23-20-17-14-11-8-5-2/h9,12,18,21,27,30,32-33,39,42,48,51,56-58,62-63H,4-8,10-11,13-17,19-20,22-26,28-29,31,34-38,40-41,43-47,49-50,52-55H2,1-3H3,(H,61,64)/b12-9+,21-18+,32-30+,33-27+,42-39+,51-48+. The SMILES string of the molecule is CC/C=C/C/C=C/C/C=C/C/C=C/C/C=C/C(CC(=O)NC(CO)C(O)CCCCCCCCCCCCCCCCC)OC(=O)CCCCCCC/C=C/CCCCCCCCCCC. The molecule has 0 aromatic heterocycles. The molecule has 0 radical (unpaired) electrons. The summed E-state index contributed by atoms with van der Waals surface area (Å²) in [5, 5.41) is 23.8. The molecule has 0 aliphatic carbocycles. The Hall–Kier alpha value is -2.70. The van der Waals surface area contributed by atoms with Crippen LogP contribution in [0, 0.1) is 0 Å². The smallest absolute Gasteiger partial charge is 0.306 e. The van der Waals surface area contributed by atoms with Crippen molar-refractivity contribution in [2.24, 2.45) is 0 Å². The van der Waals surface area contributed by atoms with Gasteiger partial charge in [-0.2, -0.15) is 0 Å². The van der Waals surface area contributed by atoms with Gasteiger partial charge in [-0.25, -0.2) is 0 Å². The number of rotatable bonds is 50. The second-order valence-corrected chi connectivity index (χ2v) is 19.0. The van der Waals surface area contributed by atoms with Crippen LogP contribution in [0.25, 0.3) is 0 Å². The third kappa shape index (κ3) is 47.8. The first kappa shape index (κ1) is 63.3. The fraction of sp³-hybridized carbons (Fsp3) is 0.767. The number of nitrogens with one attached hydrogen (secondary N) is 1. The number of hydrogen-bond donors (Lipinski definition) is 3. The van der Waals surface area contributed by atoms with E-state index in [1.165, 1.54) is 148 Å². The van der Waals surface area contributed by atoms with Gasteiger partial charge in [-0.05, 0) is 76.7 Å². The Labute approximate surface area is 409 Å². The lowest BCUT2D eigenvalue weighted by Gasteiger charge is -2.23. The van der Waals surface area contributed by atoms with Gasteiger partial charge < -0.3 is 20.3 Å². The van der Waals surface area contributed by atoms with Crippen LogP contribution >= 0.6 is 0 Å². The highest BCUT2D eigenvalue weighted by Crippen LogP contribution is 2.16. The van der Waals surface area contributed by atoms with Gasteiger partial charge >= 0.3 is 5.97 Å². The Kier molecular flexibility index (Phi) is 51.1. The van der Waals surface area contributed by atoms with Crippen molar-refractivity contribution in [2.75, 3.05) is 6.61 Å². The van der Waals surface area contributed by atoms with Gasteiger partial charge in [-0.3, -0.25) is 9.59 Å². The Morgan fingerprint density at radius 2 is 0.848 bits per heavy atom. The van der Waals surface area contributed by atoms with Gasteiger partial charge in [-0.1, -0.05) is 255 Å². The lowest BCUT2D eigenvalue weighted by Crippen LogP contribution is -2.46. The normalized spacial score (nSPS) is 13.7. The van der Waals surface area contributed by atoms with Crippen LogP contribution in [0.1, 0.15) is 271 Å². The van der Waals surface area contributed by atoms with Crippen LogP contribution < -0.4 is 5.32 Å². The zero-order chi connectivity index (χ0) is 48.1. The van der Waals surface area contributed by atoms with Gasteiger partial charge in [0.2, 0.25) is 5.91 Å². The van der Waals surface area contributed by atoms with Gasteiger partial charge in [0.25, 0.3) is 0 Å². The van der Waals surface area contributed by atoms with Gasteiger partial charge in [-0.15, -0.1) is 0 Å². The second-order valence-electron chi connectivity index (χ2n) is 19.0. The fourth-order valence-corrected chi connectivity index (χ4v) is 8.27. The number of allylic oxidation sites excluding steroid dienone is 11. The molecule has 66 heavy (non-hydrogen) atoms. The maximum atomic E-state index is 13.2. The van der Waals surface area contributed by atoms with Gasteiger partial charge in [0.1, 0.15) is 6.10 Å². The van der Waals surface area contributed by atoms with E-state index in [0.29, 0.717) is 19.3 Å². The predicted molar refractivity (Wildman–Crippen MR) is 287 cm³/mol. The van der Waals surface area contributed by atoms with E-state index in [1.54, 1.807) is 6.08 Å². The highest BCUT2D eigenvalue weighted by molar-refractivity contribution is 5.78. The zero-order valence-electron chi connectivity index (χ0n) is 43.6. The number of amides is 1. The molecular formula is C60H107NO5. The monoisotopic (exact) mass is 922 g/mol. The molecule has 0 bridgehead atoms.